The van der Waals surface area contributed by atoms with Crippen molar-refractivity contribution in [3.8, 4) is 0 Å². The van der Waals surface area contributed by atoms with Crippen LogP contribution in [0.25, 0.3) is 0 Å². The van der Waals surface area contributed by atoms with Gasteiger partial charge in [-0.2, -0.15) is 0 Å². The van der Waals surface area contributed by atoms with Crippen molar-refractivity contribution >= 4 is 78.5 Å². The maximum atomic E-state index is 5.99. The lowest BCUT2D eigenvalue weighted by Crippen LogP contribution is -2.32. The molecular formula is C6H12Cl6Si2. The Balaban J connectivity index is 4.81. The third-order valence-electron chi connectivity index (χ3n) is 2.21. The molecule has 0 saturated heterocycles. The van der Waals surface area contributed by atoms with E-state index in [2.05, 4.69) is 0 Å². The van der Waals surface area contributed by atoms with Crippen molar-refractivity contribution in [2.45, 2.75) is 37.8 Å². The molecule has 0 aliphatic carbocycles. The molecule has 0 radical (unpaired) electrons. The molecule has 86 valence electrons. The molecule has 0 N–H and O–H groups in total. The van der Waals surface area contributed by atoms with E-state index in [1.807, 2.05) is 13.8 Å². The monoisotopic (exact) mass is 350 g/mol. The van der Waals surface area contributed by atoms with Gasteiger partial charge in [-0.1, -0.05) is 26.7 Å². The van der Waals surface area contributed by atoms with Crippen molar-refractivity contribution in [1.82, 2.24) is 0 Å². The minimum Gasteiger partial charge on any atom is -0.126 e. The molecule has 0 saturated carbocycles. The molecule has 0 heterocycles. The van der Waals surface area contributed by atoms with Crippen LogP contribution >= 0.6 is 66.5 Å². The number of halogens is 6. The molecule has 0 aliphatic heterocycles. The predicted molar refractivity (Wildman–Crippen MR) is 74.7 cm³/mol. The van der Waals surface area contributed by atoms with Crippen LogP contribution in [0.2, 0.25) is 11.1 Å². The Morgan fingerprint density at radius 3 is 1.00 bits per heavy atom. The summed E-state index contributed by atoms with van der Waals surface area (Å²) < 4.78 is 0. The maximum Gasteiger partial charge on any atom is 0.344 e. The van der Waals surface area contributed by atoms with Gasteiger partial charge in [0.2, 0.25) is 0 Å². The molecule has 2 unspecified atom stereocenters. The van der Waals surface area contributed by atoms with Crippen LogP contribution in [0.1, 0.15) is 26.7 Å². The Bertz CT molecular complexity index is 154. The topological polar surface area (TPSA) is 0 Å². The first kappa shape index (κ1) is 16.2. The molecule has 0 aliphatic rings. The van der Waals surface area contributed by atoms with E-state index in [1.54, 1.807) is 0 Å². The summed E-state index contributed by atoms with van der Waals surface area (Å²) in [5.74, 6) is 0. The van der Waals surface area contributed by atoms with Crippen LogP contribution in [0.15, 0.2) is 0 Å². The first-order valence-corrected chi connectivity index (χ1v) is 14.5. The second kappa shape index (κ2) is 6.20. The molecule has 0 aromatic carbocycles. The summed E-state index contributed by atoms with van der Waals surface area (Å²) in [4.78, 5) is 0. The summed E-state index contributed by atoms with van der Waals surface area (Å²) in [7, 11) is 0. The zero-order valence-electron chi connectivity index (χ0n) is 7.84. The fourth-order valence-electron chi connectivity index (χ4n) is 1.49. The number of hydrogen-bond donors (Lipinski definition) is 0. The van der Waals surface area contributed by atoms with E-state index in [0.717, 1.165) is 12.8 Å². The molecule has 0 fully saturated rings. The highest BCUT2D eigenvalue weighted by Crippen LogP contribution is 2.53. The van der Waals surface area contributed by atoms with Crippen molar-refractivity contribution < 1.29 is 0 Å². The second-order valence-corrected chi connectivity index (χ2v) is 21.0. The Hall–Kier alpha value is 2.17. The van der Waals surface area contributed by atoms with Crippen LogP contribution in [0, 0.1) is 0 Å². The highest BCUT2D eigenvalue weighted by atomic mass is 35.8. The number of rotatable bonds is 5. The molecule has 0 amide bonds. The molecular weight excluding hydrogens is 341 g/mol. The van der Waals surface area contributed by atoms with Gasteiger partial charge in [0.05, 0.1) is 0 Å². The highest BCUT2D eigenvalue weighted by Gasteiger charge is 2.49. The molecule has 0 spiro atoms. The van der Waals surface area contributed by atoms with Crippen molar-refractivity contribution in [1.29, 1.82) is 0 Å². The van der Waals surface area contributed by atoms with Crippen LogP contribution in [0.5, 0.6) is 0 Å². The molecule has 0 aromatic rings. The average molecular weight is 353 g/mol. The van der Waals surface area contributed by atoms with Crippen LogP contribution in [-0.4, -0.2) is 12.0 Å². The first-order valence-electron chi connectivity index (χ1n) is 4.28. The van der Waals surface area contributed by atoms with Gasteiger partial charge in [-0.3, -0.25) is 0 Å². The minimum absolute atomic E-state index is 0.0586. The van der Waals surface area contributed by atoms with Gasteiger partial charge in [0.15, 0.2) is 0 Å². The summed E-state index contributed by atoms with van der Waals surface area (Å²) in [6.45, 7) is 3.93. The van der Waals surface area contributed by atoms with Crippen molar-refractivity contribution in [3.05, 3.63) is 0 Å². The van der Waals surface area contributed by atoms with E-state index < -0.39 is 12.0 Å². The SMILES string of the molecule is CCC(C(CC)[Si](Cl)(Cl)Cl)[Si](Cl)(Cl)Cl. The quantitative estimate of drug-likeness (QED) is 0.429. The van der Waals surface area contributed by atoms with Crippen LogP contribution in [-0.2, 0) is 0 Å². The molecule has 0 bridgehead atoms. The zero-order chi connectivity index (χ0) is 11.6. The van der Waals surface area contributed by atoms with E-state index in [1.165, 1.54) is 0 Å². The third kappa shape index (κ3) is 5.00. The second-order valence-electron chi connectivity index (χ2n) is 3.11. The lowest BCUT2D eigenvalue weighted by molar-refractivity contribution is 0.684. The van der Waals surface area contributed by atoms with Crippen LogP contribution < -0.4 is 0 Å². The van der Waals surface area contributed by atoms with Gasteiger partial charge >= 0.3 is 12.0 Å². The Labute approximate surface area is 115 Å². The van der Waals surface area contributed by atoms with Crippen LogP contribution in [0.3, 0.4) is 0 Å². The molecule has 0 nitrogen and oxygen atoms in total. The predicted octanol–water partition coefficient (Wildman–Crippen LogP) is 5.86. The van der Waals surface area contributed by atoms with Crippen molar-refractivity contribution in [2.24, 2.45) is 0 Å². The molecule has 2 atom stereocenters. The molecule has 0 aromatic heterocycles. The van der Waals surface area contributed by atoms with Gasteiger partial charge in [0.1, 0.15) is 0 Å². The highest BCUT2D eigenvalue weighted by molar-refractivity contribution is 7.68. The standard InChI is InChI=1S/C6H12Cl6Si2/c1-3-5(13(7,8)9)6(4-2)14(10,11)12/h5-6H,3-4H2,1-2H3. The minimum atomic E-state index is -2.78. The van der Waals surface area contributed by atoms with E-state index in [9.17, 15) is 0 Å². The first-order chi connectivity index (χ1) is 6.14. The Morgan fingerprint density at radius 1 is 0.714 bits per heavy atom. The van der Waals surface area contributed by atoms with Gasteiger partial charge in [-0.25, -0.2) is 0 Å². The average Bonchev–Trinajstić information content (AvgIpc) is 1.94. The molecule has 8 heteroatoms. The zero-order valence-corrected chi connectivity index (χ0v) is 14.4. The summed E-state index contributed by atoms with van der Waals surface area (Å²) in [6.07, 6.45) is 1.50. The van der Waals surface area contributed by atoms with Gasteiger partial charge in [0, 0.05) is 0 Å². The summed E-state index contributed by atoms with van der Waals surface area (Å²) in [5, 5.41) is 0. The summed E-state index contributed by atoms with van der Waals surface area (Å²) in [6, 6.07) is -5.56. The smallest absolute Gasteiger partial charge is 0.126 e. The largest absolute Gasteiger partial charge is 0.344 e. The summed E-state index contributed by atoms with van der Waals surface area (Å²) in [5.41, 5.74) is -0.117. The lowest BCUT2D eigenvalue weighted by atomic mass is 10.2. The van der Waals surface area contributed by atoms with Gasteiger partial charge < -0.3 is 0 Å². The van der Waals surface area contributed by atoms with Gasteiger partial charge in [0.25, 0.3) is 0 Å². The molecule has 14 heavy (non-hydrogen) atoms. The van der Waals surface area contributed by atoms with Gasteiger partial charge in [-0.05, 0) is 11.1 Å². The fraction of sp³-hybridized carbons (Fsp3) is 1.00. The van der Waals surface area contributed by atoms with Crippen molar-refractivity contribution in [3.63, 3.8) is 0 Å². The molecule has 0 rings (SSSR count). The lowest BCUT2D eigenvalue weighted by Gasteiger charge is -2.32. The van der Waals surface area contributed by atoms with E-state index in [4.69, 9.17) is 66.5 Å². The Kier molecular flexibility index (Phi) is 7.16. The maximum absolute atomic E-state index is 5.99. The van der Waals surface area contributed by atoms with Gasteiger partial charge in [-0.15, -0.1) is 66.5 Å². The summed E-state index contributed by atoms with van der Waals surface area (Å²) >= 11 is 36.0. The van der Waals surface area contributed by atoms with Crippen LogP contribution in [0.4, 0.5) is 0 Å². The third-order valence-corrected chi connectivity index (χ3v) is 10.9. The Morgan fingerprint density at radius 2 is 0.929 bits per heavy atom. The van der Waals surface area contributed by atoms with E-state index in [-0.39, 0.29) is 11.1 Å². The van der Waals surface area contributed by atoms with Crippen molar-refractivity contribution in [2.75, 3.05) is 0 Å². The van der Waals surface area contributed by atoms with E-state index in [0.29, 0.717) is 0 Å². The number of hydrogen-bond acceptors (Lipinski definition) is 0. The normalized spacial score (nSPS) is 18.0. The fourth-order valence-corrected chi connectivity index (χ4v) is 12.7. The van der Waals surface area contributed by atoms with E-state index >= 15 is 0 Å².